The van der Waals surface area contributed by atoms with Crippen molar-refractivity contribution in [2.24, 2.45) is 5.73 Å². The van der Waals surface area contributed by atoms with Gasteiger partial charge >= 0.3 is 0 Å². The molecule has 4 nitrogen and oxygen atoms in total. The highest BCUT2D eigenvalue weighted by molar-refractivity contribution is 6.38. The summed E-state index contributed by atoms with van der Waals surface area (Å²) in [5.74, 6) is 1.50. The molecule has 2 aromatic rings. The predicted octanol–water partition coefficient (Wildman–Crippen LogP) is 3.05. The molecular formula is C12H12Cl2N4. The highest BCUT2D eigenvalue weighted by Gasteiger charge is 2.30. The summed E-state index contributed by atoms with van der Waals surface area (Å²) in [5.41, 5.74) is 6.43. The minimum absolute atomic E-state index is 0.367. The lowest BCUT2D eigenvalue weighted by Gasteiger charge is -2.10. The van der Waals surface area contributed by atoms with E-state index in [0.29, 0.717) is 28.5 Å². The molecule has 0 unspecified atom stereocenters. The summed E-state index contributed by atoms with van der Waals surface area (Å²) in [6, 6.07) is 5.85. The maximum Gasteiger partial charge on any atom is 0.167 e. The first-order chi connectivity index (χ1) is 8.72. The number of hydrogen-bond donors (Lipinski definition) is 1. The van der Waals surface area contributed by atoms with Gasteiger partial charge < -0.3 is 10.3 Å². The van der Waals surface area contributed by atoms with Crippen LogP contribution in [-0.4, -0.2) is 14.8 Å². The third-order valence-corrected chi connectivity index (χ3v) is 3.68. The Labute approximate surface area is 115 Å². The molecule has 18 heavy (non-hydrogen) atoms. The van der Waals surface area contributed by atoms with Gasteiger partial charge in [-0.1, -0.05) is 29.3 Å². The van der Waals surface area contributed by atoms with Gasteiger partial charge in [0.05, 0.1) is 22.2 Å². The molecule has 0 spiro atoms. The van der Waals surface area contributed by atoms with Crippen LogP contribution in [0.5, 0.6) is 0 Å². The molecule has 1 aromatic carbocycles. The number of halogens is 2. The Morgan fingerprint density at radius 1 is 1.22 bits per heavy atom. The molecule has 0 atom stereocenters. The molecule has 1 fully saturated rings. The van der Waals surface area contributed by atoms with E-state index in [4.69, 9.17) is 28.9 Å². The molecule has 1 aliphatic carbocycles. The van der Waals surface area contributed by atoms with E-state index in [9.17, 15) is 0 Å². The zero-order valence-corrected chi connectivity index (χ0v) is 11.1. The van der Waals surface area contributed by atoms with E-state index in [-0.39, 0.29) is 0 Å². The van der Waals surface area contributed by atoms with Crippen LogP contribution in [0.2, 0.25) is 10.0 Å². The van der Waals surface area contributed by atoms with Crippen LogP contribution in [0.15, 0.2) is 18.2 Å². The van der Waals surface area contributed by atoms with Crippen LogP contribution in [0.1, 0.15) is 24.7 Å². The van der Waals surface area contributed by atoms with Crippen molar-refractivity contribution in [1.29, 1.82) is 0 Å². The number of rotatable bonds is 3. The summed E-state index contributed by atoms with van der Waals surface area (Å²) in [7, 11) is 0. The summed E-state index contributed by atoms with van der Waals surface area (Å²) < 4.78 is 2.06. The summed E-state index contributed by atoms with van der Waals surface area (Å²) >= 11 is 12.4. The van der Waals surface area contributed by atoms with Crippen molar-refractivity contribution >= 4 is 23.2 Å². The molecule has 0 aliphatic heterocycles. The van der Waals surface area contributed by atoms with E-state index in [2.05, 4.69) is 14.8 Å². The van der Waals surface area contributed by atoms with Crippen LogP contribution in [-0.2, 0) is 6.54 Å². The van der Waals surface area contributed by atoms with E-state index in [1.54, 1.807) is 12.1 Å². The molecule has 6 heteroatoms. The smallest absolute Gasteiger partial charge is 0.167 e. The Bertz CT molecular complexity index is 570. The molecule has 94 valence electrons. The number of hydrogen-bond acceptors (Lipinski definition) is 3. The Morgan fingerprint density at radius 2 is 1.89 bits per heavy atom. The van der Waals surface area contributed by atoms with E-state index >= 15 is 0 Å². The molecule has 3 rings (SSSR count). The Morgan fingerprint density at radius 3 is 2.44 bits per heavy atom. The molecule has 0 bridgehead atoms. The second kappa shape index (κ2) is 4.53. The van der Waals surface area contributed by atoms with Gasteiger partial charge in [-0.25, -0.2) is 0 Å². The van der Waals surface area contributed by atoms with Crippen molar-refractivity contribution in [1.82, 2.24) is 14.8 Å². The van der Waals surface area contributed by atoms with Crippen LogP contribution >= 0.6 is 23.2 Å². The zero-order chi connectivity index (χ0) is 12.7. The minimum Gasteiger partial charge on any atom is -0.324 e. The molecule has 1 aromatic heterocycles. The van der Waals surface area contributed by atoms with Crippen LogP contribution in [0.3, 0.4) is 0 Å². The standard InChI is InChI=1S/C12H12Cl2N4/c13-8-2-1-3-9(14)11(8)12-17-16-10(6-15)18(12)7-4-5-7/h1-3,7H,4-6,15H2. The maximum atomic E-state index is 6.22. The average molecular weight is 283 g/mol. The molecule has 0 saturated heterocycles. The van der Waals surface area contributed by atoms with Crippen molar-refractivity contribution in [3.63, 3.8) is 0 Å². The van der Waals surface area contributed by atoms with Crippen molar-refractivity contribution in [3.05, 3.63) is 34.1 Å². The summed E-state index contributed by atoms with van der Waals surface area (Å²) in [5, 5.41) is 9.50. The van der Waals surface area contributed by atoms with Gasteiger partial charge in [0.25, 0.3) is 0 Å². The van der Waals surface area contributed by atoms with Crippen LogP contribution in [0.4, 0.5) is 0 Å². The monoisotopic (exact) mass is 282 g/mol. The van der Waals surface area contributed by atoms with E-state index in [1.165, 1.54) is 0 Å². The number of nitrogens with zero attached hydrogens (tertiary/aromatic N) is 3. The maximum absolute atomic E-state index is 6.22. The molecule has 0 radical (unpaired) electrons. The Kier molecular flexibility index (Phi) is 3.01. The number of aromatic nitrogens is 3. The molecular weight excluding hydrogens is 271 g/mol. The fraction of sp³-hybridized carbons (Fsp3) is 0.333. The first-order valence-electron chi connectivity index (χ1n) is 5.80. The van der Waals surface area contributed by atoms with Crippen LogP contribution < -0.4 is 5.73 Å². The second-order valence-corrected chi connectivity index (χ2v) is 5.16. The van der Waals surface area contributed by atoms with Gasteiger partial charge in [-0.15, -0.1) is 10.2 Å². The SMILES string of the molecule is NCc1nnc(-c2c(Cl)cccc2Cl)n1C1CC1. The second-order valence-electron chi connectivity index (χ2n) is 4.34. The van der Waals surface area contributed by atoms with E-state index < -0.39 is 0 Å². The lowest BCUT2D eigenvalue weighted by atomic mass is 10.2. The number of benzene rings is 1. The quantitative estimate of drug-likeness (QED) is 0.941. The van der Waals surface area contributed by atoms with E-state index in [1.807, 2.05) is 6.07 Å². The molecule has 1 saturated carbocycles. The van der Waals surface area contributed by atoms with Crippen molar-refractivity contribution in [2.45, 2.75) is 25.4 Å². The lowest BCUT2D eigenvalue weighted by molar-refractivity contribution is 0.688. The van der Waals surface area contributed by atoms with Gasteiger partial charge in [0.2, 0.25) is 0 Å². The molecule has 0 amide bonds. The van der Waals surface area contributed by atoms with Gasteiger partial charge in [-0.05, 0) is 25.0 Å². The largest absolute Gasteiger partial charge is 0.324 e. The van der Waals surface area contributed by atoms with Gasteiger partial charge in [0, 0.05) is 6.04 Å². The first-order valence-corrected chi connectivity index (χ1v) is 6.56. The lowest BCUT2D eigenvalue weighted by Crippen LogP contribution is -2.08. The number of nitrogens with two attached hydrogens (primary N) is 1. The van der Waals surface area contributed by atoms with Crippen molar-refractivity contribution < 1.29 is 0 Å². The third-order valence-electron chi connectivity index (χ3n) is 3.05. The fourth-order valence-electron chi connectivity index (χ4n) is 2.06. The average Bonchev–Trinajstić information content (AvgIpc) is 3.10. The summed E-state index contributed by atoms with van der Waals surface area (Å²) in [4.78, 5) is 0. The topological polar surface area (TPSA) is 56.7 Å². The summed E-state index contributed by atoms with van der Waals surface area (Å²) in [6.07, 6.45) is 2.25. The Hall–Kier alpha value is -1.10. The highest BCUT2D eigenvalue weighted by Crippen LogP contribution is 2.41. The highest BCUT2D eigenvalue weighted by atomic mass is 35.5. The van der Waals surface area contributed by atoms with Gasteiger partial charge in [-0.2, -0.15) is 0 Å². The Balaban J connectivity index is 2.20. The van der Waals surface area contributed by atoms with Gasteiger partial charge in [0.1, 0.15) is 5.82 Å². The predicted molar refractivity (Wildman–Crippen MR) is 71.6 cm³/mol. The normalized spacial score (nSPS) is 15.1. The minimum atomic E-state index is 0.367. The molecule has 2 N–H and O–H groups in total. The van der Waals surface area contributed by atoms with Crippen LogP contribution in [0, 0.1) is 0 Å². The van der Waals surface area contributed by atoms with Crippen molar-refractivity contribution in [2.75, 3.05) is 0 Å². The zero-order valence-electron chi connectivity index (χ0n) is 9.61. The first kappa shape index (κ1) is 12.0. The molecule has 1 heterocycles. The van der Waals surface area contributed by atoms with E-state index in [0.717, 1.165) is 24.2 Å². The summed E-state index contributed by atoms with van der Waals surface area (Å²) in [6.45, 7) is 0.367. The fourth-order valence-corrected chi connectivity index (χ4v) is 2.63. The van der Waals surface area contributed by atoms with Gasteiger partial charge in [0.15, 0.2) is 5.82 Å². The van der Waals surface area contributed by atoms with Crippen LogP contribution in [0.25, 0.3) is 11.4 Å². The third kappa shape index (κ3) is 1.90. The van der Waals surface area contributed by atoms with Gasteiger partial charge in [-0.3, -0.25) is 0 Å². The molecule has 1 aliphatic rings. The van der Waals surface area contributed by atoms with Crippen molar-refractivity contribution in [3.8, 4) is 11.4 Å².